The van der Waals surface area contributed by atoms with E-state index in [1.54, 1.807) is 6.07 Å². The number of carbonyl (C=O) groups excluding carboxylic acids is 1. The van der Waals surface area contributed by atoms with Crippen LogP contribution in [0.3, 0.4) is 0 Å². The number of amides is 1. The van der Waals surface area contributed by atoms with Crippen LogP contribution >= 0.6 is 0 Å². The smallest absolute Gasteiger partial charge is 0.407 e. The Morgan fingerprint density at radius 3 is 2.90 bits per heavy atom. The average molecular weight is 294 g/mol. The first-order valence-corrected chi connectivity index (χ1v) is 7.30. The van der Waals surface area contributed by atoms with Gasteiger partial charge in [0, 0.05) is 31.7 Å². The zero-order chi connectivity index (χ0) is 15.5. The van der Waals surface area contributed by atoms with E-state index in [1.165, 1.54) is 6.07 Å². The van der Waals surface area contributed by atoms with Gasteiger partial charge in [0.15, 0.2) is 0 Å². The van der Waals surface area contributed by atoms with Gasteiger partial charge in [-0.05, 0) is 38.8 Å². The molecule has 0 radical (unpaired) electrons. The SMILES string of the molecule is CC(C)(C)OC(=O)NCCN1CCc2cccc(F)c2C1. The van der Waals surface area contributed by atoms with E-state index in [1.807, 2.05) is 26.8 Å². The van der Waals surface area contributed by atoms with Crippen molar-refractivity contribution in [2.24, 2.45) is 0 Å². The van der Waals surface area contributed by atoms with E-state index in [2.05, 4.69) is 10.2 Å². The molecule has 1 aromatic rings. The number of carbonyl (C=O) groups is 1. The lowest BCUT2D eigenvalue weighted by molar-refractivity contribution is 0.0521. The topological polar surface area (TPSA) is 41.6 Å². The van der Waals surface area contributed by atoms with Gasteiger partial charge in [-0.2, -0.15) is 0 Å². The molecule has 1 N–H and O–H groups in total. The van der Waals surface area contributed by atoms with Crippen LogP contribution in [0.5, 0.6) is 0 Å². The predicted molar refractivity (Wildman–Crippen MR) is 79.6 cm³/mol. The van der Waals surface area contributed by atoms with Crippen LogP contribution in [-0.4, -0.2) is 36.2 Å². The summed E-state index contributed by atoms with van der Waals surface area (Å²) in [5.74, 6) is -0.141. The molecular formula is C16H23FN2O2. The average Bonchev–Trinajstić information content (AvgIpc) is 2.37. The number of halogens is 1. The molecule has 0 bridgehead atoms. The van der Waals surface area contributed by atoms with E-state index < -0.39 is 11.7 Å². The zero-order valence-electron chi connectivity index (χ0n) is 12.9. The van der Waals surface area contributed by atoms with Crippen molar-refractivity contribution in [2.45, 2.75) is 39.3 Å². The minimum absolute atomic E-state index is 0.141. The molecule has 2 rings (SSSR count). The van der Waals surface area contributed by atoms with Gasteiger partial charge in [0.25, 0.3) is 0 Å². The molecule has 1 heterocycles. The van der Waals surface area contributed by atoms with Crippen molar-refractivity contribution >= 4 is 6.09 Å². The Morgan fingerprint density at radius 1 is 1.43 bits per heavy atom. The van der Waals surface area contributed by atoms with Crippen LogP contribution in [0.2, 0.25) is 0 Å². The van der Waals surface area contributed by atoms with Crippen molar-refractivity contribution in [1.82, 2.24) is 10.2 Å². The van der Waals surface area contributed by atoms with Crippen molar-refractivity contribution in [3.8, 4) is 0 Å². The normalized spacial score (nSPS) is 15.4. The summed E-state index contributed by atoms with van der Waals surface area (Å²) in [5, 5.41) is 2.73. The van der Waals surface area contributed by atoms with Gasteiger partial charge in [-0.3, -0.25) is 4.90 Å². The minimum atomic E-state index is -0.489. The van der Waals surface area contributed by atoms with Crippen LogP contribution in [-0.2, 0) is 17.7 Å². The summed E-state index contributed by atoms with van der Waals surface area (Å²) in [7, 11) is 0. The molecule has 21 heavy (non-hydrogen) atoms. The van der Waals surface area contributed by atoms with Crippen molar-refractivity contribution in [1.29, 1.82) is 0 Å². The van der Waals surface area contributed by atoms with Crippen LogP contribution in [0.15, 0.2) is 18.2 Å². The summed E-state index contributed by atoms with van der Waals surface area (Å²) in [5.41, 5.74) is 1.38. The molecule has 0 aromatic heterocycles. The summed E-state index contributed by atoms with van der Waals surface area (Å²) in [6.07, 6.45) is 0.436. The number of benzene rings is 1. The molecule has 5 heteroatoms. The largest absolute Gasteiger partial charge is 0.444 e. The van der Waals surface area contributed by atoms with Crippen LogP contribution in [0.4, 0.5) is 9.18 Å². The predicted octanol–water partition coefficient (Wildman–Crippen LogP) is 2.71. The Balaban J connectivity index is 1.79. The summed E-state index contributed by atoms with van der Waals surface area (Å²) < 4.78 is 18.9. The number of fused-ring (bicyclic) bond motifs is 1. The molecule has 116 valence electrons. The highest BCUT2D eigenvalue weighted by Crippen LogP contribution is 2.21. The fraction of sp³-hybridized carbons (Fsp3) is 0.562. The molecule has 0 fully saturated rings. The second kappa shape index (κ2) is 6.43. The van der Waals surface area contributed by atoms with Gasteiger partial charge in [-0.15, -0.1) is 0 Å². The maximum absolute atomic E-state index is 13.8. The summed E-state index contributed by atoms with van der Waals surface area (Å²) in [6, 6.07) is 5.24. The quantitative estimate of drug-likeness (QED) is 0.932. The monoisotopic (exact) mass is 294 g/mol. The van der Waals surface area contributed by atoms with Crippen LogP contribution in [0.25, 0.3) is 0 Å². The number of nitrogens with zero attached hydrogens (tertiary/aromatic N) is 1. The maximum atomic E-state index is 13.8. The molecule has 0 aliphatic carbocycles. The van der Waals surface area contributed by atoms with Gasteiger partial charge < -0.3 is 10.1 Å². The molecule has 0 saturated carbocycles. The third-order valence-electron chi connectivity index (χ3n) is 3.39. The standard InChI is InChI=1S/C16H23FN2O2/c1-16(2,3)21-15(20)18-8-10-19-9-7-12-5-4-6-14(17)13(12)11-19/h4-6H,7-11H2,1-3H3,(H,18,20). The van der Waals surface area contributed by atoms with Gasteiger partial charge in [-0.1, -0.05) is 12.1 Å². The van der Waals surface area contributed by atoms with E-state index in [4.69, 9.17) is 4.74 Å². The van der Waals surface area contributed by atoms with Crippen molar-refractivity contribution < 1.29 is 13.9 Å². The molecule has 0 atom stereocenters. The van der Waals surface area contributed by atoms with Gasteiger partial charge in [0.05, 0.1) is 0 Å². The fourth-order valence-electron chi connectivity index (χ4n) is 2.42. The van der Waals surface area contributed by atoms with Crippen molar-refractivity contribution in [2.75, 3.05) is 19.6 Å². The second-order valence-electron chi connectivity index (χ2n) is 6.33. The number of ether oxygens (including phenoxy) is 1. The molecule has 0 unspecified atom stereocenters. The van der Waals surface area contributed by atoms with Crippen molar-refractivity contribution in [3.05, 3.63) is 35.1 Å². The lowest BCUT2D eigenvalue weighted by Gasteiger charge is -2.29. The molecule has 1 aliphatic heterocycles. The third kappa shape index (κ3) is 4.70. The highest BCUT2D eigenvalue weighted by Gasteiger charge is 2.19. The zero-order valence-corrected chi connectivity index (χ0v) is 12.9. The summed E-state index contributed by atoms with van der Waals surface area (Å²) in [6.45, 7) is 8.15. The highest BCUT2D eigenvalue weighted by molar-refractivity contribution is 5.67. The van der Waals surface area contributed by atoms with E-state index in [9.17, 15) is 9.18 Å². The van der Waals surface area contributed by atoms with Crippen LogP contribution in [0, 0.1) is 5.82 Å². The lowest BCUT2D eigenvalue weighted by Crippen LogP contribution is -2.39. The first-order chi connectivity index (χ1) is 9.85. The third-order valence-corrected chi connectivity index (χ3v) is 3.39. The van der Waals surface area contributed by atoms with E-state index in [0.717, 1.165) is 24.1 Å². The van der Waals surface area contributed by atoms with Gasteiger partial charge in [0.1, 0.15) is 11.4 Å². The number of nitrogens with one attached hydrogen (secondary N) is 1. The van der Waals surface area contributed by atoms with E-state index >= 15 is 0 Å². The van der Waals surface area contributed by atoms with Gasteiger partial charge in [0.2, 0.25) is 0 Å². The molecule has 1 amide bonds. The molecular weight excluding hydrogens is 271 g/mol. The Labute approximate surface area is 125 Å². The number of rotatable bonds is 3. The maximum Gasteiger partial charge on any atom is 0.407 e. The van der Waals surface area contributed by atoms with E-state index in [-0.39, 0.29) is 5.82 Å². The molecule has 0 spiro atoms. The first kappa shape index (κ1) is 15.8. The number of hydrogen-bond donors (Lipinski definition) is 1. The molecule has 0 saturated heterocycles. The summed E-state index contributed by atoms with van der Waals surface area (Å²) >= 11 is 0. The van der Waals surface area contributed by atoms with Crippen molar-refractivity contribution in [3.63, 3.8) is 0 Å². The number of hydrogen-bond acceptors (Lipinski definition) is 3. The van der Waals surface area contributed by atoms with E-state index in [0.29, 0.717) is 19.6 Å². The molecule has 1 aliphatic rings. The molecule has 4 nitrogen and oxygen atoms in total. The Kier molecular flexibility index (Phi) is 4.83. The minimum Gasteiger partial charge on any atom is -0.444 e. The Morgan fingerprint density at radius 2 is 2.19 bits per heavy atom. The lowest BCUT2D eigenvalue weighted by atomic mass is 9.99. The number of alkyl carbamates (subject to hydrolysis) is 1. The second-order valence-corrected chi connectivity index (χ2v) is 6.33. The van der Waals surface area contributed by atoms with Crippen LogP contribution < -0.4 is 5.32 Å². The van der Waals surface area contributed by atoms with Crippen LogP contribution in [0.1, 0.15) is 31.9 Å². The highest BCUT2D eigenvalue weighted by atomic mass is 19.1. The van der Waals surface area contributed by atoms with Gasteiger partial charge >= 0.3 is 6.09 Å². The fourth-order valence-corrected chi connectivity index (χ4v) is 2.42. The first-order valence-electron chi connectivity index (χ1n) is 7.30. The Bertz CT molecular complexity index is 511. The Hall–Kier alpha value is -1.62. The van der Waals surface area contributed by atoms with Gasteiger partial charge in [-0.25, -0.2) is 9.18 Å². The molecule has 1 aromatic carbocycles. The summed E-state index contributed by atoms with van der Waals surface area (Å²) in [4.78, 5) is 13.7.